The molecule has 1 N–H and O–H groups in total. The Morgan fingerprint density at radius 1 is 1.19 bits per heavy atom. The van der Waals surface area contributed by atoms with E-state index in [0.717, 1.165) is 17.0 Å². The number of halogens is 1. The van der Waals surface area contributed by atoms with Crippen molar-refractivity contribution in [3.8, 4) is 11.4 Å². The largest absolute Gasteiger partial charge is 0.494 e. The maximum Gasteiger partial charge on any atom is 0.271 e. The van der Waals surface area contributed by atoms with E-state index in [0.29, 0.717) is 30.3 Å². The summed E-state index contributed by atoms with van der Waals surface area (Å²) < 4.78 is 7.26. The Balaban J connectivity index is 1.46. The molecule has 0 saturated heterocycles. The van der Waals surface area contributed by atoms with Gasteiger partial charge in [0.25, 0.3) is 5.91 Å². The number of hydrogen-bond acceptors (Lipinski definition) is 3. The number of nitrogens with zero attached hydrogens (tertiary/aromatic N) is 2. The summed E-state index contributed by atoms with van der Waals surface area (Å²) in [5.41, 5.74) is 2.24. The molecule has 0 aliphatic heterocycles. The molecule has 134 valence electrons. The molecule has 0 unspecified atom stereocenters. The number of aromatic nitrogens is 2. The Hall–Kier alpha value is -2.79. The van der Waals surface area contributed by atoms with Gasteiger partial charge in [0, 0.05) is 12.7 Å². The molecule has 0 aliphatic rings. The summed E-state index contributed by atoms with van der Waals surface area (Å²) in [6, 6.07) is 16.9. The molecule has 3 aromatic rings. The van der Waals surface area contributed by atoms with Gasteiger partial charge in [0.05, 0.1) is 17.3 Å². The van der Waals surface area contributed by atoms with Gasteiger partial charge in [-0.25, -0.2) is 4.68 Å². The third kappa shape index (κ3) is 4.64. The minimum atomic E-state index is -0.216. The fraction of sp³-hybridized carbons (Fsp3) is 0.200. The predicted octanol–water partition coefficient (Wildman–Crippen LogP) is 4.03. The van der Waals surface area contributed by atoms with Crippen molar-refractivity contribution in [3.05, 3.63) is 77.1 Å². The molecule has 0 radical (unpaired) electrons. The number of nitrogens with one attached hydrogen (secondary N) is 1. The molecular formula is C20H20ClN3O2. The monoisotopic (exact) mass is 369 g/mol. The van der Waals surface area contributed by atoms with Crippen LogP contribution in [-0.2, 0) is 0 Å². The number of carbonyl (C=O) groups excluding carboxylic acids is 1. The molecule has 3 rings (SSSR count). The van der Waals surface area contributed by atoms with Crippen LogP contribution in [0.2, 0.25) is 5.02 Å². The normalized spacial score (nSPS) is 10.5. The Morgan fingerprint density at radius 3 is 2.85 bits per heavy atom. The van der Waals surface area contributed by atoms with E-state index in [4.69, 9.17) is 16.3 Å². The first kappa shape index (κ1) is 18.0. The fourth-order valence-electron chi connectivity index (χ4n) is 2.48. The minimum absolute atomic E-state index is 0.216. The summed E-state index contributed by atoms with van der Waals surface area (Å²) in [5, 5.41) is 7.71. The van der Waals surface area contributed by atoms with Crippen LogP contribution in [0.5, 0.6) is 5.75 Å². The second kappa shape index (κ2) is 8.54. The highest BCUT2D eigenvalue weighted by atomic mass is 35.5. The molecule has 0 spiro atoms. The topological polar surface area (TPSA) is 56.1 Å². The van der Waals surface area contributed by atoms with Crippen LogP contribution in [0.25, 0.3) is 5.69 Å². The first-order valence-electron chi connectivity index (χ1n) is 8.42. The van der Waals surface area contributed by atoms with Crippen molar-refractivity contribution in [1.82, 2.24) is 15.1 Å². The molecule has 0 aliphatic carbocycles. The van der Waals surface area contributed by atoms with E-state index in [1.807, 2.05) is 49.4 Å². The lowest BCUT2D eigenvalue weighted by Crippen LogP contribution is -2.26. The van der Waals surface area contributed by atoms with Crippen LogP contribution in [0.15, 0.2) is 60.8 Å². The molecule has 2 aromatic carbocycles. The summed E-state index contributed by atoms with van der Waals surface area (Å²) in [5.74, 6) is 0.626. The van der Waals surface area contributed by atoms with Crippen molar-refractivity contribution in [3.63, 3.8) is 0 Å². The zero-order valence-corrected chi connectivity index (χ0v) is 15.2. The van der Waals surface area contributed by atoms with Crippen molar-refractivity contribution in [2.24, 2.45) is 0 Å². The highest BCUT2D eigenvalue weighted by molar-refractivity contribution is 6.32. The van der Waals surface area contributed by atoms with Crippen LogP contribution in [0.1, 0.15) is 22.5 Å². The summed E-state index contributed by atoms with van der Waals surface area (Å²) in [6.07, 6.45) is 2.43. The van der Waals surface area contributed by atoms with Gasteiger partial charge in [0.15, 0.2) is 5.69 Å². The van der Waals surface area contributed by atoms with E-state index in [1.165, 1.54) is 0 Å². The molecular weight excluding hydrogens is 350 g/mol. The Labute approximate surface area is 157 Å². The van der Waals surface area contributed by atoms with Crippen LogP contribution >= 0.6 is 11.6 Å². The van der Waals surface area contributed by atoms with E-state index < -0.39 is 0 Å². The molecule has 6 heteroatoms. The zero-order valence-electron chi connectivity index (χ0n) is 14.5. The summed E-state index contributed by atoms with van der Waals surface area (Å²) in [4.78, 5) is 12.2. The van der Waals surface area contributed by atoms with Gasteiger partial charge in [0.2, 0.25) is 0 Å². The molecule has 0 fully saturated rings. The first-order chi connectivity index (χ1) is 12.6. The second-order valence-electron chi connectivity index (χ2n) is 5.87. The highest BCUT2D eigenvalue weighted by Crippen LogP contribution is 2.19. The molecule has 1 heterocycles. The molecule has 1 aromatic heterocycles. The lowest BCUT2D eigenvalue weighted by molar-refractivity contribution is 0.0946. The standard InChI is InChI=1S/C20H20ClN3O2/c1-15-6-4-7-16(14-15)26-13-5-11-22-20(25)18-10-12-24(23-18)19-9-3-2-8-17(19)21/h2-4,6-10,12,14H,5,11,13H2,1H3,(H,22,25). The lowest BCUT2D eigenvalue weighted by atomic mass is 10.2. The van der Waals surface area contributed by atoms with Gasteiger partial charge in [-0.2, -0.15) is 5.10 Å². The van der Waals surface area contributed by atoms with Crippen LogP contribution in [0.4, 0.5) is 0 Å². The van der Waals surface area contributed by atoms with Crippen molar-refractivity contribution >= 4 is 17.5 Å². The van der Waals surface area contributed by atoms with Crippen molar-refractivity contribution < 1.29 is 9.53 Å². The average Bonchev–Trinajstić information content (AvgIpc) is 3.12. The highest BCUT2D eigenvalue weighted by Gasteiger charge is 2.10. The van der Waals surface area contributed by atoms with Gasteiger partial charge in [0.1, 0.15) is 5.75 Å². The van der Waals surface area contributed by atoms with Gasteiger partial charge in [-0.05, 0) is 49.2 Å². The third-order valence-electron chi connectivity index (χ3n) is 3.79. The maximum absolute atomic E-state index is 12.2. The number of hydrogen-bond donors (Lipinski definition) is 1. The molecule has 5 nitrogen and oxygen atoms in total. The second-order valence-corrected chi connectivity index (χ2v) is 6.28. The van der Waals surface area contributed by atoms with E-state index >= 15 is 0 Å². The van der Waals surface area contributed by atoms with Gasteiger partial charge in [-0.3, -0.25) is 4.79 Å². The number of ether oxygens (including phenoxy) is 1. The Bertz CT molecular complexity index is 892. The first-order valence-corrected chi connectivity index (χ1v) is 8.79. The molecule has 1 amide bonds. The zero-order chi connectivity index (χ0) is 18.4. The predicted molar refractivity (Wildman–Crippen MR) is 102 cm³/mol. The molecule has 0 atom stereocenters. The molecule has 26 heavy (non-hydrogen) atoms. The summed E-state index contributed by atoms with van der Waals surface area (Å²) in [6.45, 7) is 3.08. The number of rotatable bonds is 7. The Morgan fingerprint density at radius 2 is 2.04 bits per heavy atom. The van der Waals surface area contributed by atoms with Gasteiger partial charge < -0.3 is 10.1 Å². The maximum atomic E-state index is 12.2. The van der Waals surface area contributed by atoms with E-state index in [9.17, 15) is 4.79 Å². The van der Waals surface area contributed by atoms with Crippen molar-refractivity contribution in [2.45, 2.75) is 13.3 Å². The molecule has 0 bridgehead atoms. The average molecular weight is 370 g/mol. The number of aryl methyl sites for hydroxylation is 1. The van der Waals surface area contributed by atoms with E-state index in [1.54, 1.807) is 23.0 Å². The number of benzene rings is 2. The van der Waals surface area contributed by atoms with Gasteiger partial charge >= 0.3 is 0 Å². The van der Waals surface area contributed by atoms with E-state index in [-0.39, 0.29) is 5.91 Å². The van der Waals surface area contributed by atoms with Gasteiger partial charge in [-0.1, -0.05) is 35.9 Å². The minimum Gasteiger partial charge on any atom is -0.494 e. The molecule has 0 saturated carbocycles. The smallest absolute Gasteiger partial charge is 0.271 e. The summed E-state index contributed by atoms with van der Waals surface area (Å²) >= 11 is 6.15. The fourth-order valence-corrected chi connectivity index (χ4v) is 2.70. The lowest BCUT2D eigenvalue weighted by Gasteiger charge is -2.07. The third-order valence-corrected chi connectivity index (χ3v) is 4.11. The van der Waals surface area contributed by atoms with Crippen LogP contribution in [-0.4, -0.2) is 28.8 Å². The van der Waals surface area contributed by atoms with Crippen LogP contribution < -0.4 is 10.1 Å². The van der Waals surface area contributed by atoms with Gasteiger partial charge in [-0.15, -0.1) is 0 Å². The van der Waals surface area contributed by atoms with Crippen molar-refractivity contribution in [2.75, 3.05) is 13.2 Å². The number of amides is 1. The quantitative estimate of drug-likeness (QED) is 0.639. The van der Waals surface area contributed by atoms with Crippen LogP contribution in [0.3, 0.4) is 0 Å². The SMILES string of the molecule is Cc1cccc(OCCCNC(=O)c2ccn(-c3ccccc3Cl)n2)c1. The Kier molecular flexibility index (Phi) is 5.92. The van der Waals surface area contributed by atoms with Crippen LogP contribution in [0, 0.1) is 6.92 Å². The number of para-hydroxylation sites is 1. The van der Waals surface area contributed by atoms with E-state index in [2.05, 4.69) is 10.4 Å². The summed E-state index contributed by atoms with van der Waals surface area (Å²) in [7, 11) is 0. The van der Waals surface area contributed by atoms with Crippen molar-refractivity contribution in [1.29, 1.82) is 0 Å². The number of carbonyl (C=O) groups is 1.